The molecule has 0 radical (unpaired) electrons. The van der Waals surface area contributed by atoms with Crippen LogP contribution in [-0.4, -0.2) is 12.3 Å². The van der Waals surface area contributed by atoms with Crippen molar-refractivity contribution in [3.8, 4) is 6.07 Å². The minimum atomic E-state index is -0.371. The molecular weight excluding hydrogens is 119 g/mol. The summed E-state index contributed by atoms with van der Waals surface area (Å²) in [6, 6.07) is 1.54. The third kappa shape index (κ3) is 1.36. The van der Waals surface area contributed by atoms with Crippen molar-refractivity contribution in [3.63, 3.8) is 0 Å². The van der Waals surface area contributed by atoms with E-state index in [0.29, 0.717) is 6.42 Å². The highest BCUT2D eigenvalue weighted by Crippen LogP contribution is 2.07. The van der Waals surface area contributed by atoms with Gasteiger partial charge in [-0.25, -0.2) is 4.39 Å². The van der Waals surface area contributed by atoms with Crippen LogP contribution in [0.2, 0.25) is 0 Å². The van der Waals surface area contributed by atoms with Crippen LogP contribution in [0.5, 0.6) is 0 Å². The fraction of sp³-hybridized carbons (Fsp3) is 0.333. The molecule has 1 heterocycles. The first-order chi connectivity index (χ1) is 4.33. The van der Waals surface area contributed by atoms with Gasteiger partial charge in [-0.2, -0.15) is 5.26 Å². The van der Waals surface area contributed by atoms with E-state index in [-0.39, 0.29) is 11.9 Å². The van der Waals surface area contributed by atoms with E-state index in [1.807, 2.05) is 6.07 Å². The summed E-state index contributed by atoms with van der Waals surface area (Å²) in [6.45, 7) is 0. The molecule has 0 saturated carbocycles. The van der Waals surface area contributed by atoms with Gasteiger partial charge < -0.3 is 0 Å². The Morgan fingerprint density at radius 1 is 1.89 bits per heavy atom. The van der Waals surface area contributed by atoms with Gasteiger partial charge in [-0.3, -0.25) is 4.99 Å². The molecule has 0 aromatic carbocycles. The second-order valence-corrected chi connectivity index (χ2v) is 1.75. The minimum absolute atomic E-state index is 0.346. The van der Waals surface area contributed by atoms with E-state index in [0.717, 1.165) is 6.21 Å². The fourth-order valence-corrected chi connectivity index (χ4v) is 0.585. The quantitative estimate of drug-likeness (QED) is 0.478. The van der Waals surface area contributed by atoms with Gasteiger partial charge in [0.05, 0.1) is 12.3 Å². The number of aliphatic imine (C=N–C) groups is 1. The molecule has 0 spiro atoms. The van der Waals surface area contributed by atoms with E-state index < -0.39 is 0 Å². The Morgan fingerprint density at radius 3 is 3.11 bits per heavy atom. The molecule has 46 valence electrons. The van der Waals surface area contributed by atoms with Crippen LogP contribution >= 0.6 is 0 Å². The van der Waals surface area contributed by atoms with Crippen molar-refractivity contribution in [1.29, 1.82) is 5.26 Å². The van der Waals surface area contributed by atoms with Crippen LogP contribution in [0.25, 0.3) is 0 Å². The SMILES string of the molecule is N#CC1CC=C(F)C=N1. The Kier molecular flexibility index (Phi) is 1.59. The molecule has 1 rings (SSSR count). The standard InChI is InChI=1S/C6H5FN2/c7-5-1-2-6(3-8)9-4-5/h1,4,6H,2H2. The number of nitrogens with zero attached hydrogens (tertiary/aromatic N) is 2. The van der Waals surface area contributed by atoms with Gasteiger partial charge in [0.1, 0.15) is 11.9 Å². The van der Waals surface area contributed by atoms with Gasteiger partial charge in [-0.05, 0) is 6.08 Å². The summed E-state index contributed by atoms with van der Waals surface area (Å²) in [5.41, 5.74) is 0. The van der Waals surface area contributed by atoms with Gasteiger partial charge >= 0.3 is 0 Å². The highest BCUT2D eigenvalue weighted by molar-refractivity contribution is 5.76. The van der Waals surface area contributed by atoms with Crippen molar-refractivity contribution in [1.82, 2.24) is 0 Å². The van der Waals surface area contributed by atoms with E-state index >= 15 is 0 Å². The molecule has 1 atom stereocenters. The minimum Gasteiger partial charge on any atom is -0.271 e. The summed E-state index contributed by atoms with van der Waals surface area (Å²) in [5.74, 6) is -0.346. The molecule has 0 aromatic heterocycles. The summed E-state index contributed by atoms with van der Waals surface area (Å²) in [4.78, 5) is 3.60. The molecule has 3 heteroatoms. The Balaban J connectivity index is 2.61. The number of nitriles is 1. The second kappa shape index (κ2) is 2.40. The molecule has 9 heavy (non-hydrogen) atoms. The van der Waals surface area contributed by atoms with Gasteiger partial charge in [0, 0.05) is 6.42 Å². The molecule has 1 aliphatic rings. The van der Waals surface area contributed by atoms with Gasteiger partial charge in [-0.15, -0.1) is 0 Å². The summed E-state index contributed by atoms with van der Waals surface area (Å²) in [6.07, 6.45) is 2.84. The maximum Gasteiger partial charge on any atom is 0.140 e. The number of dihydropyridines is 1. The Bertz CT molecular complexity index is 200. The van der Waals surface area contributed by atoms with E-state index in [1.165, 1.54) is 6.08 Å². The lowest BCUT2D eigenvalue weighted by atomic mass is 10.2. The zero-order valence-electron chi connectivity index (χ0n) is 4.71. The molecule has 1 aliphatic heterocycles. The average molecular weight is 124 g/mol. The van der Waals surface area contributed by atoms with Crippen LogP contribution in [0.1, 0.15) is 6.42 Å². The molecule has 1 unspecified atom stereocenters. The lowest BCUT2D eigenvalue weighted by Crippen LogP contribution is -2.03. The summed E-state index contributed by atoms with van der Waals surface area (Å²) < 4.78 is 12.1. The number of allylic oxidation sites excluding steroid dienone is 1. The largest absolute Gasteiger partial charge is 0.271 e. The van der Waals surface area contributed by atoms with Gasteiger partial charge in [0.15, 0.2) is 0 Å². The third-order valence-corrected chi connectivity index (χ3v) is 1.06. The first-order valence-corrected chi connectivity index (χ1v) is 2.61. The van der Waals surface area contributed by atoms with Crippen molar-refractivity contribution in [3.05, 3.63) is 11.9 Å². The second-order valence-electron chi connectivity index (χ2n) is 1.75. The summed E-state index contributed by atoms with van der Waals surface area (Å²) >= 11 is 0. The highest BCUT2D eigenvalue weighted by Gasteiger charge is 2.06. The van der Waals surface area contributed by atoms with E-state index in [1.54, 1.807) is 0 Å². The molecule has 2 nitrogen and oxygen atoms in total. The monoisotopic (exact) mass is 124 g/mol. The van der Waals surface area contributed by atoms with Gasteiger partial charge in [0.25, 0.3) is 0 Å². The van der Waals surface area contributed by atoms with Gasteiger partial charge in [-0.1, -0.05) is 0 Å². The zero-order chi connectivity index (χ0) is 6.69. The molecule has 0 fully saturated rings. The Labute approximate surface area is 52.3 Å². The topological polar surface area (TPSA) is 36.1 Å². The summed E-state index contributed by atoms with van der Waals surface area (Å²) in [7, 11) is 0. The van der Waals surface area contributed by atoms with E-state index in [2.05, 4.69) is 4.99 Å². The Morgan fingerprint density at radius 2 is 2.67 bits per heavy atom. The maximum atomic E-state index is 12.1. The van der Waals surface area contributed by atoms with Crippen LogP contribution in [0.15, 0.2) is 16.9 Å². The predicted octanol–water partition coefficient (Wildman–Crippen LogP) is 1.21. The number of hydrogen-bond acceptors (Lipinski definition) is 2. The molecule has 0 aromatic rings. The average Bonchev–Trinajstić information content (AvgIpc) is 1.90. The van der Waals surface area contributed by atoms with Crippen molar-refractivity contribution in [2.45, 2.75) is 12.5 Å². The van der Waals surface area contributed by atoms with E-state index in [9.17, 15) is 4.39 Å². The fourth-order valence-electron chi connectivity index (χ4n) is 0.585. The number of halogens is 1. The smallest absolute Gasteiger partial charge is 0.140 e. The normalized spacial score (nSPS) is 24.9. The van der Waals surface area contributed by atoms with Crippen LogP contribution < -0.4 is 0 Å². The maximum absolute atomic E-state index is 12.1. The van der Waals surface area contributed by atoms with Crippen molar-refractivity contribution < 1.29 is 4.39 Å². The lowest BCUT2D eigenvalue weighted by molar-refractivity contribution is 0.661. The molecule has 0 aliphatic carbocycles. The third-order valence-electron chi connectivity index (χ3n) is 1.06. The number of hydrogen-bond donors (Lipinski definition) is 0. The molecule has 0 bridgehead atoms. The lowest BCUT2D eigenvalue weighted by Gasteiger charge is -2.01. The zero-order valence-corrected chi connectivity index (χ0v) is 4.71. The van der Waals surface area contributed by atoms with E-state index in [4.69, 9.17) is 5.26 Å². The first kappa shape index (κ1) is 5.96. The van der Waals surface area contributed by atoms with Crippen LogP contribution in [0, 0.1) is 11.3 Å². The van der Waals surface area contributed by atoms with Crippen LogP contribution in [0.4, 0.5) is 4.39 Å². The van der Waals surface area contributed by atoms with Crippen molar-refractivity contribution in [2.75, 3.05) is 0 Å². The Hall–Kier alpha value is -1.17. The van der Waals surface area contributed by atoms with Crippen molar-refractivity contribution >= 4 is 6.21 Å². The molecule has 0 amide bonds. The summed E-state index contributed by atoms with van der Waals surface area (Å²) in [5, 5.41) is 8.26. The van der Waals surface area contributed by atoms with Crippen molar-refractivity contribution in [2.24, 2.45) is 4.99 Å². The predicted molar refractivity (Wildman–Crippen MR) is 31.7 cm³/mol. The first-order valence-electron chi connectivity index (χ1n) is 2.61. The van der Waals surface area contributed by atoms with Crippen LogP contribution in [-0.2, 0) is 0 Å². The highest BCUT2D eigenvalue weighted by atomic mass is 19.1. The molecule has 0 N–H and O–H groups in total. The number of rotatable bonds is 0. The van der Waals surface area contributed by atoms with Gasteiger partial charge in [0.2, 0.25) is 0 Å². The molecule has 0 saturated heterocycles. The van der Waals surface area contributed by atoms with Crippen LogP contribution in [0.3, 0.4) is 0 Å². The molecular formula is C6H5FN2.